The molecule has 1 amide bonds. The maximum Gasteiger partial charge on any atom is 0.417 e. The first-order valence-electron chi connectivity index (χ1n) is 15.7. The van der Waals surface area contributed by atoms with Crippen LogP contribution in [0.3, 0.4) is 0 Å². The first-order valence-corrected chi connectivity index (χ1v) is 15.7. The molecule has 2 aromatic carbocycles. The predicted molar refractivity (Wildman–Crippen MR) is 173 cm³/mol. The molecule has 1 aliphatic carbocycles. The number of nitrogens with zero attached hydrogens (tertiary/aromatic N) is 1. The van der Waals surface area contributed by atoms with Crippen LogP contribution in [0.25, 0.3) is 0 Å². The quantitative estimate of drug-likeness (QED) is 0.139. The van der Waals surface area contributed by atoms with Crippen LogP contribution >= 0.6 is 0 Å². The molecule has 1 fully saturated rings. The summed E-state index contributed by atoms with van der Waals surface area (Å²) in [6.07, 6.45) is -3.25. The highest BCUT2D eigenvalue weighted by atomic mass is 19.4. The van der Waals surface area contributed by atoms with E-state index in [2.05, 4.69) is 34.4 Å². The van der Waals surface area contributed by atoms with Crippen molar-refractivity contribution in [1.29, 1.82) is 0 Å². The fourth-order valence-corrected chi connectivity index (χ4v) is 6.16. The lowest BCUT2D eigenvalue weighted by Crippen LogP contribution is -2.46. The van der Waals surface area contributed by atoms with Crippen LogP contribution in [-0.4, -0.2) is 67.8 Å². The number of allylic oxidation sites excluding steroid dienone is 1. The Bertz CT molecular complexity index is 1480. The molecule has 0 saturated carbocycles. The Morgan fingerprint density at radius 3 is 2.43 bits per heavy atom. The molecular weight excluding hydrogens is 597 g/mol. The number of amides is 1. The van der Waals surface area contributed by atoms with Gasteiger partial charge in [0.15, 0.2) is 5.78 Å². The molecule has 11 heteroatoms. The molecule has 0 radical (unpaired) electrons. The van der Waals surface area contributed by atoms with Crippen LogP contribution in [-0.2, 0) is 6.42 Å². The molecule has 3 unspecified atom stereocenters. The van der Waals surface area contributed by atoms with Gasteiger partial charge in [0.05, 0.1) is 30.1 Å². The van der Waals surface area contributed by atoms with Crippen molar-refractivity contribution in [3.8, 4) is 11.5 Å². The topological polar surface area (TPSA) is 91.9 Å². The number of anilines is 1. The minimum Gasteiger partial charge on any atom is -0.495 e. The number of carbonyl (C=O) groups is 2. The molecule has 4 rings (SSSR count). The summed E-state index contributed by atoms with van der Waals surface area (Å²) in [4.78, 5) is 28.1. The van der Waals surface area contributed by atoms with E-state index in [-0.39, 0.29) is 35.2 Å². The van der Waals surface area contributed by atoms with Gasteiger partial charge in [-0.25, -0.2) is 0 Å². The van der Waals surface area contributed by atoms with Crippen molar-refractivity contribution < 1.29 is 32.2 Å². The molecule has 8 nitrogen and oxygen atoms in total. The number of alkyl halides is 3. The van der Waals surface area contributed by atoms with Crippen LogP contribution in [0.15, 0.2) is 59.9 Å². The number of likely N-dealkylation sites (tertiary alicyclic amines) is 1. The number of Topliss-reactive ketones (excluding diaryl/α,β-unsaturated/α-hetero) is 1. The summed E-state index contributed by atoms with van der Waals surface area (Å²) < 4.78 is 54.9. The van der Waals surface area contributed by atoms with E-state index in [1.807, 2.05) is 0 Å². The summed E-state index contributed by atoms with van der Waals surface area (Å²) in [7, 11) is 1.46. The third-order valence-electron chi connectivity index (χ3n) is 8.76. The van der Waals surface area contributed by atoms with Gasteiger partial charge >= 0.3 is 6.18 Å². The molecule has 0 aromatic heterocycles. The fourth-order valence-electron chi connectivity index (χ4n) is 6.16. The molecule has 1 aliphatic heterocycles. The maximum absolute atomic E-state index is 14.5. The van der Waals surface area contributed by atoms with E-state index in [4.69, 9.17) is 9.47 Å². The molecule has 1 heterocycles. The molecule has 0 spiro atoms. The third kappa shape index (κ3) is 8.11. The Balaban J connectivity index is 1.51. The van der Waals surface area contributed by atoms with Gasteiger partial charge in [-0.15, -0.1) is 0 Å². The van der Waals surface area contributed by atoms with Gasteiger partial charge in [0.25, 0.3) is 5.91 Å². The number of carbonyl (C=O) groups excluding carboxylic acids is 2. The van der Waals surface area contributed by atoms with Crippen molar-refractivity contribution in [3.05, 3.63) is 76.6 Å². The van der Waals surface area contributed by atoms with Gasteiger partial charge < -0.3 is 25.0 Å². The number of rotatable bonds is 12. The van der Waals surface area contributed by atoms with Crippen LogP contribution in [0.4, 0.5) is 18.9 Å². The standard InChI is InChI=1S/C35H45F3N4O4/c1-8-42-16-14-26(15-17-42)40-34(44)25-12-13-27(29(19-25)45-7)41-33(20(2)3)39-22(5)31(35(36,37)38)23(6)46-28-11-9-10-24-18-21(4)32(43)30(24)28/h9-13,19,21-22,26,33,39,41H,2,8,14-18H2,1,3-7H3,(H,40,44). The molecule has 46 heavy (non-hydrogen) atoms. The molecule has 250 valence electrons. The highest BCUT2D eigenvalue weighted by Crippen LogP contribution is 2.37. The van der Waals surface area contributed by atoms with Crippen LogP contribution in [0, 0.1) is 5.92 Å². The highest BCUT2D eigenvalue weighted by molar-refractivity contribution is 6.04. The van der Waals surface area contributed by atoms with Gasteiger partial charge in [0, 0.05) is 36.7 Å². The maximum atomic E-state index is 14.5. The van der Waals surface area contributed by atoms with Gasteiger partial charge in [-0.05, 0) is 82.0 Å². The lowest BCUT2D eigenvalue weighted by atomic mass is 10.0. The summed E-state index contributed by atoms with van der Waals surface area (Å²) in [5, 5.41) is 9.26. The second-order valence-corrected chi connectivity index (χ2v) is 12.2. The van der Waals surface area contributed by atoms with E-state index in [9.17, 15) is 22.8 Å². The number of piperidine rings is 1. The van der Waals surface area contributed by atoms with E-state index in [1.54, 1.807) is 44.2 Å². The number of fused-ring (bicyclic) bond motifs is 1. The largest absolute Gasteiger partial charge is 0.495 e. The predicted octanol–water partition coefficient (Wildman–Crippen LogP) is 6.49. The summed E-state index contributed by atoms with van der Waals surface area (Å²) in [5.74, 6) is -0.483. The summed E-state index contributed by atoms with van der Waals surface area (Å²) >= 11 is 0. The first kappa shape index (κ1) is 35.0. The second-order valence-electron chi connectivity index (χ2n) is 12.2. The normalized spacial score (nSPS) is 19.2. The van der Waals surface area contributed by atoms with Gasteiger partial charge in [0.1, 0.15) is 17.3 Å². The molecule has 2 aromatic rings. The minimum atomic E-state index is -4.73. The Morgan fingerprint density at radius 2 is 1.83 bits per heavy atom. The molecule has 3 N–H and O–H groups in total. The molecular formula is C35H45F3N4O4. The SMILES string of the molecule is C=C(C)C(Nc1ccc(C(=O)NC2CCN(CC)CC2)cc1OC)NC(C)C(=C(C)Oc1cccc2c1C(=O)C(C)C2)C(F)(F)F. The lowest BCUT2D eigenvalue weighted by molar-refractivity contribution is -0.0988. The smallest absolute Gasteiger partial charge is 0.417 e. The number of hydrogen-bond acceptors (Lipinski definition) is 7. The lowest BCUT2D eigenvalue weighted by Gasteiger charge is -2.31. The number of ether oxygens (including phenoxy) is 2. The van der Waals surface area contributed by atoms with Crippen molar-refractivity contribution in [3.63, 3.8) is 0 Å². The van der Waals surface area contributed by atoms with E-state index in [0.717, 1.165) is 38.0 Å². The summed E-state index contributed by atoms with van der Waals surface area (Å²) in [6, 6.07) is 8.78. The van der Waals surface area contributed by atoms with Gasteiger partial charge in [0.2, 0.25) is 0 Å². The molecule has 2 aliphatic rings. The average molecular weight is 643 g/mol. The zero-order valence-corrected chi connectivity index (χ0v) is 27.4. The zero-order chi connectivity index (χ0) is 33.8. The first-order chi connectivity index (χ1) is 21.7. The number of hydrogen-bond donors (Lipinski definition) is 3. The van der Waals surface area contributed by atoms with Gasteiger partial charge in [-0.2, -0.15) is 13.2 Å². The summed E-state index contributed by atoms with van der Waals surface area (Å²) in [6.45, 7) is 15.1. The number of halogens is 3. The fraction of sp³-hybridized carbons (Fsp3) is 0.486. The van der Waals surface area contributed by atoms with E-state index < -0.39 is 24.0 Å². The minimum absolute atomic E-state index is 0.0905. The third-order valence-corrected chi connectivity index (χ3v) is 8.76. The Labute approximate surface area is 269 Å². The number of methoxy groups -OCH3 is 1. The summed E-state index contributed by atoms with van der Waals surface area (Å²) in [5.41, 5.74) is 1.60. The van der Waals surface area contributed by atoms with Gasteiger partial charge in [-0.1, -0.05) is 32.6 Å². The highest BCUT2D eigenvalue weighted by Gasteiger charge is 2.41. The van der Waals surface area contributed by atoms with Crippen LogP contribution in [0.1, 0.15) is 73.7 Å². The Hall–Kier alpha value is -3.83. The Morgan fingerprint density at radius 1 is 1.13 bits per heavy atom. The van der Waals surface area contributed by atoms with E-state index in [0.29, 0.717) is 34.6 Å². The van der Waals surface area contributed by atoms with Crippen molar-refractivity contribution in [2.75, 3.05) is 32.1 Å². The molecule has 3 atom stereocenters. The molecule has 0 bridgehead atoms. The monoisotopic (exact) mass is 642 g/mol. The van der Waals surface area contributed by atoms with E-state index in [1.165, 1.54) is 27.0 Å². The van der Waals surface area contributed by atoms with Gasteiger partial charge in [-0.3, -0.25) is 14.9 Å². The number of benzene rings is 2. The van der Waals surface area contributed by atoms with Crippen LogP contribution in [0.5, 0.6) is 11.5 Å². The van der Waals surface area contributed by atoms with E-state index >= 15 is 0 Å². The van der Waals surface area contributed by atoms with Crippen LogP contribution in [0.2, 0.25) is 0 Å². The van der Waals surface area contributed by atoms with Crippen molar-refractivity contribution >= 4 is 17.4 Å². The number of ketones is 1. The number of nitrogens with one attached hydrogen (secondary N) is 3. The van der Waals surface area contributed by atoms with Crippen molar-refractivity contribution in [2.45, 2.75) is 78.3 Å². The zero-order valence-electron chi connectivity index (χ0n) is 27.4. The second kappa shape index (κ2) is 14.7. The Kier molecular flexibility index (Phi) is 11.2. The van der Waals surface area contributed by atoms with Crippen molar-refractivity contribution in [1.82, 2.24) is 15.5 Å². The van der Waals surface area contributed by atoms with Crippen molar-refractivity contribution in [2.24, 2.45) is 5.92 Å². The average Bonchev–Trinajstić information content (AvgIpc) is 3.30. The van der Waals surface area contributed by atoms with Crippen LogP contribution < -0.4 is 25.4 Å². The molecule has 1 saturated heterocycles.